The van der Waals surface area contributed by atoms with Crippen molar-refractivity contribution in [2.45, 2.75) is 65.2 Å². The van der Waals surface area contributed by atoms with Gasteiger partial charge in [-0.15, -0.1) is 0 Å². The molecule has 28 heavy (non-hydrogen) atoms. The van der Waals surface area contributed by atoms with E-state index in [9.17, 15) is 4.79 Å². The van der Waals surface area contributed by atoms with E-state index in [0.29, 0.717) is 18.1 Å². The molecule has 0 aliphatic heterocycles. The van der Waals surface area contributed by atoms with Crippen LogP contribution >= 0.6 is 0 Å². The number of benzene rings is 2. The van der Waals surface area contributed by atoms with E-state index in [4.69, 9.17) is 4.74 Å². The minimum absolute atomic E-state index is 0.249. The number of carbonyl (C=O) groups is 1. The van der Waals surface area contributed by atoms with Gasteiger partial charge in [0.2, 0.25) is 0 Å². The lowest BCUT2D eigenvalue weighted by atomic mass is 9.78. The van der Waals surface area contributed by atoms with Crippen molar-refractivity contribution >= 4 is 17.6 Å². The number of allylic oxidation sites excluding steroid dienone is 1. The molecular weight excluding hydrogens is 344 g/mol. The predicted octanol–water partition coefficient (Wildman–Crippen LogP) is 6.99. The van der Waals surface area contributed by atoms with Gasteiger partial charge in [-0.1, -0.05) is 63.6 Å². The van der Waals surface area contributed by atoms with Gasteiger partial charge in [-0.25, -0.2) is 4.79 Å². The minimum Gasteiger partial charge on any atom is -0.462 e. The van der Waals surface area contributed by atoms with E-state index in [1.165, 1.54) is 41.5 Å². The molecule has 148 valence electrons. The highest BCUT2D eigenvalue weighted by Gasteiger charge is 2.28. The third kappa shape index (κ3) is 4.38. The summed E-state index contributed by atoms with van der Waals surface area (Å²) in [5.74, 6) is 0.338. The summed E-state index contributed by atoms with van der Waals surface area (Å²) in [5.41, 5.74) is 7.46. The van der Waals surface area contributed by atoms with Crippen molar-refractivity contribution < 1.29 is 9.53 Å². The molecule has 2 nitrogen and oxygen atoms in total. The van der Waals surface area contributed by atoms with Crippen LogP contribution < -0.4 is 0 Å². The molecule has 0 aromatic heterocycles. The Morgan fingerprint density at radius 2 is 1.82 bits per heavy atom. The normalized spacial score (nSPS) is 18.9. The smallest absolute Gasteiger partial charge is 0.338 e. The predicted molar refractivity (Wildman–Crippen MR) is 118 cm³/mol. The molecule has 2 aromatic rings. The number of hydrogen-bond acceptors (Lipinski definition) is 2. The average molecular weight is 377 g/mol. The summed E-state index contributed by atoms with van der Waals surface area (Å²) in [4.78, 5) is 11.8. The SMILES string of the molecule is CCOC(=O)c1ccc(C=C(C)c2ccc3c(c2)C(C)CCCC3(C)C)cc1. The molecule has 2 aromatic carbocycles. The second-order valence-electron chi connectivity index (χ2n) is 8.65. The number of hydrogen-bond donors (Lipinski definition) is 0. The quantitative estimate of drug-likeness (QED) is 0.326. The summed E-state index contributed by atoms with van der Waals surface area (Å²) in [6.45, 7) is 11.5. The lowest BCUT2D eigenvalue weighted by Crippen LogP contribution is -2.17. The molecule has 1 aliphatic carbocycles. The number of carbonyl (C=O) groups excluding carboxylic acids is 1. The lowest BCUT2D eigenvalue weighted by molar-refractivity contribution is 0.0526. The Kier molecular flexibility index (Phi) is 6.07. The van der Waals surface area contributed by atoms with Gasteiger partial charge in [-0.2, -0.15) is 0 Å². The van der Waals surface area contributed by atoms with Gasteiger partial charge in [-0.05, 0) is 78.0 Å². The molecule has 0 saturated heterocycles. The standard InChI is InChI=1S/C26H32O2/c1-6-28-25(27)21-11-9-20(10-12-21)16-19(3)22-13-14-24-23(17-22)18(2)8-7-15-26(24,4)5/h9-14,16-18H,6-8,15H2,1-5H3. The first-order chi connectivity index (χ1) is 13.3. The maximum absolute atomic E-state index is 11.8. The largest absolute Gasteiger partial charge is 0.462 e. The van der Waals surface area contributed by atoms with Gasteiger partial charge < -0.3 is 4.74 Å². The molecule has 0 bridgehead atoms. The van der Waals surface area contributed by atoms with Crippen LogP contribution in [0.15, 0.2) is 42.5 Å². The summed E-state index contributed by atoms with van der Waals surface area (Å²) in [7, 11) is 0. The van der Waals surface area contributed by atoms with Gasteiger partial charge in [0.05, 0.1) is 12.2 Å². The highest BCUT2D eigenvalue weighted by atomic mass is 16.5. The second kappa shape index (κ2) is 8.34. The van der Waals surface area contributed by atoms with Crippen LogP contribution in [-0.4, -0.2) is 12.6 Å². The Morgan fingerprint density at radius 1 is 1.14 bits per heavy atom. The molecule has 0 N–H and O–H groups in total. The van der Waals surface area contributed by atoms with Crippen molar-refractivity contribution in [2.24, 2.45) is 0 Å². The minimum atomic E-state index is -0.267. The monoisotopic (exact) mass is 376 g/mol. The van der Waals surface area contributed by atoms with Crippen LogP contribution in [0.4, 0.5) is 0 Å². The molecule has 1 aliphatic rings. The van der Waals surface area contributed by atoms with E-state index < -0.39 is 0 Å². The zero-order valence-corrected chi connectivity index (χ0v) is 17.8. The summed E-state index contributed by atoms with van der Waals surface area (Å²) < 4.78 is 5.05. The van der Waals surface area contributed by atoms with Crippen molar-refractivity contribution in [3.8, 4) is 0 Å². The van der Waals surface area contributed by atoms with Crippen molar-refractivity contribution in [2.75, 3.05) is 6.61 Å². The van der Waals surface area contributed by atoms with Gasteiger partial charge in [0.25, 0.3) is 0 Å². The Balaban J connectivity index is 1.88. The van der Waals surface area contributed by atoms with Crippen LogP contribution in [0.3, 0.4) is 0 Å². The molecule has 3 rings (SSSR count). The molecule has 0 spiro atoms. The summed E-state index contributed by atoms with van der Waals surface area (Å²) in [6, 6.07) is 14.6. The topological polar surface area (TPSA) is 26.3 Å². The summed E-state index contributed by atoms with van der Waals surface area (Å²) in [5, 5.41) is 0. The molecule has 1 atom stereocenters. The maximum atomic E-state index is 11.8. The van der Waals surface area contributed by atoms with Gasteiger partial charge in [0.1, 0.15) is 0 Å². The van der Waals surface area contributed by atoms with Gasteiger partial charge in [0.15, 0.2) is 0 Å². The molecule has 0 heterocycles. The maximum Gasteiger partial charge on any atom is 0.338 e. The molecule has 2 heteroatoms. The van der Waals surface area contributed by atoms with Crippen LogP contribution in [-0.2, 0) is 10.2 Å². The van der Waals surface area contributed by atoms with Crippen LogP contribution in [0.25, 0.3) is 11.6 Å². The first-order valence-electron chi connectivity index (χ1n) is 10.4. The van der Waals surface area contributed by atoms with E-state index in [0.717, 1.165) is 5.56 Å². The van der Waals surface area contributed by atoms with Crippen molar-refractivity contribution in [1.29, 1.82) is 0 Å². The number of fused-ring (bicyclic) bond motifs is 1. The van der Waals surface area contributed by atoms with E-state index >= 15 is 0 Å². The van der Waals surface area contributed by atoms with E-state index in [1.54, 1.807) is 0 Å². The highest BCUT2D eigenvalue weighted by Crippen LogP contribution is 2.41. The zero-order valence-electron chi connectivity index (χ0n) is 17.8. The Bertz CT molecular complexity index is 872. The van der Waals surface area contributed by atoms with Crippen LogP contribution in [0.5, 0.6) is 0 Å². The van der Waals surface area contributed by atoms with Gasteiger partial charge in [-0.3, -0.25) is 0 Å². The zero-order chi connectivity index (χ0) is 20.3. The Morgan fingerprint density at radius 3 is 2.50 bits per heavy atom. The summed E-state index contributed by atoms with van der Waals surface area (Å²) in [6.07, 6.45) is 5.99. The third-order valence-corrected chi connectivity index (χ3v) is 6.01. The van der Waals surface area contributed by atoms with Crippen LogP contribution in [0.1, 0.15) is 92.4 Å². The molecule has 0 radical (unpaired) electrons. The second-order valence-corrected chi connectivity index (χ2v) is 8.65. The number of rotatable bonds is 4. The van der Waals surface area contributed by atoms with E-state index in [2.05, 4.69) is 52.0 Å². The molecule has 0 saturated carbocycles. The van der Waals surface area contributed by atoms with Crippen LogP contribution in [0.2, 0.25) is 0 Å². The molecule has 0 fully saturated rings. The van der Waals surface area contributed by atoms with E-state index in [-0.39, 0.29) is 11.4 Å². The fraction of sp³-hybridized carbons (Fsp3) is 0.423. The van der Waals surface area contributed by atoms with Crippen molar-refractivity contribution in [1.82, 2.24) is 0 Å². The average Bonchev–Trinajstić information content (AvgIpc) is 2.78. The fourth-order valence-corrected chi connectivity index (χ4v) is 4.24. The number of ether oxygens (including phenoxy) is 1. The van der Waals surface area contributed by atoms with E-state index in [1.807, 2.05) is 31.2 Å². The fourth-order valence-electron chi connectivity index (χ4n) is 4.24. The first-order valence-corrected chi connectivity index (χ1v) is 10.4. The van der Waals surface area contributed by atoms with Crippen LogP contribution in [0, 0.1) is 0 Å². The first kappa shape index (κ1) is 20.4. The third-order valence-electron chi connectivity index (χ3n) is 6.01. The highest BCUT2D eigenvalue weighted by molar-refractivity contribution is 5.90. The summed E-state index contributed by atoms with van der Waals surface area (Å²) >= 11 is 0. The number of esters is 1. The lowest BCUT2D eigenvalue weighted by Gasteiger charge is -2.26. The van der Waals surface area contributed by atoms with Gasteiger partial charge >= 0.3 is 5.97 Å². The molecular formula is C26H32O2. The molecule has 0 amide bonds. The van der Waals surface area contributed by atoms with Crippen molar-refractivity contribution in [3.05, 3.63) is 70.3 Å². The molecule has 1 unspecified atom stereocenters. The van der Waals surface area contributed by atoms with Crippen molar-refractivity contribution in [3.63, 3.8) is 0 Å². The Hall–Kier alpha value is -2.35. The Labute approximate surface area is 169 Å². The van der Waals surface area contributed by atoms with Gasteiger partial charge in [0, 0.05) is 0 Å².